The molecule has 14 heavy (non-hydrogen) atoms. The second-order valence-corrected chi connectivity index (χ2v) is 3.92. The van der Waals surface area contributed by atoms with Gasteiger partial charge in [-0.2, -0.15) is 0 Å². The van der Waals surface area contributed by atoms with Crippen LogP contribution in [-0.4, -0.2) is 10.2 Å². The van der Waals surface area contributed by atoms with Gasteiger partial charge < -0.3 is 10.2 Å². The van der Waals surface area contributed by atoms with Crippen molar-refractivity contribution in [2.75, 3.05) is 0 Å². The number of thiol groups is 2. The number of fused-ring (bicyclic) bond motifs is 1. The molecule has 2 N–H and O–H groups in total. The minimum atomic E-state index is 0.0960. The molecule has 0 aliphatic carbocycles. The highest BCUT2D eigenvalue weighted by molar-refractivity contribution is 7.81. The lowest BCUT2D eigenvalue weighted by Crippen LogP contribution is -1.80. The Hall–Kier alpha value is -1.00. The number of hydrogen-bond donors (Lipinski definition) is 4. The van der Waals surface area contributed by atoms with E-state index in [-0.39, 0.29) is 11.5 Å². The van der Waals surface area contributed by atoms with Gasteiger partial charge in [-0.05, 0) is 24.3 Å². The maximum Gasteiger partial charge on any atom is 0.124 e. The Kier molecular flexibility index (Phi) is 2.25. The quantitative estimate of drug-likeness (QED) is 0.410. The first kappa shape index (κ1) is 9.55. The van der Waals surface area contributed by atoms with Crippen LogP contribution in [0.15, 0.2) is 34.1 Å². The minimum Gasteiger partial charge on any atom is -0.507 e. The van der Waals surface area contributed by atoms with Gasteiger partial charge in [0.1, 0.15) is 11.5 Å². The van der Waals surface area contributed by atoms with E-state index in [2.05, 4.69) is 25.3 Å². The molecule has 0 aromatic heterocycles. The van der Waals surface area contributed by atoms with Gasteiger partial charge in [-0.3, -0.25) is 0 Å². The van der Waals surface area contributed by atoms with Crippen molar-refractivity contribution in [3.8, 4) is 11.5 Å². The van der Waals surface area contributed by atoms with Gasteiger partial charge in [0.25, 0.3) is 0 Å². The van der Waals surface area contributed by atoms with Crippen LogP contribution in [-0.2, 0) is 0 Å². The standard InChI is InChI=1S/C10H8O2S2/c11-5-1-2-6(12)10-8(14)4-3-7(13)9(5)10/h1-4,11-14H. The van der Waals surface area contributed by atoms with E-state index in [1.807, 2.05) is 0 Å². The molecule has 0 spiro atoms. The van der Waals surface area contributed by atoms with Crippen LogP contribution in [0.2, 0.25) is 0 Å². The molecule has 0 saturated heterocycles. The maximum absolute atomic E-state index is 9.61. The van der Waals surface area contributed by atoms with Gasteiger partial charge in [-0.25, -0.2) is 0 Å². The molecule has 0 fully saturated rings. The van der Waals surface area contributed by atoms with Crippen molar-refractivity contribution in [1.29, 1.82) is 0 Å². The third-order valence-corrected chi connectivity index (χ3v) is 2.82. The summed E-state index contributed by atoms with van der Waals surface area (Å²) in [6.45, 7) is 0. The van der Waals surface area contributed by atoms with Gasteiger partial charge in [0.2, 0.25) is 0 Å². The third kappa shape index (κ3) is 1.31. The van der Waals surface area contributed by atoms with Crippen molar-refractivity contribution >= 4 is 36.0 Å². The van der Waals surface area contributed by atoms with Crippen molar-refractivity contribution in [1.82, 2.24) is 0 Å². The summed E-state index contributed by atoms with van der Waals surface area (Å²) in [5.41, 5.74) is 0. The van der Waals surface area contributed by atoms with Crippen LogP contribution in [0.25, 0.3) is 10.8 Å². The fourth-order valence-corrected chi connectivity index (χ4v) is 2.03. The molecule has 2 nitrogen and oxygen atoms in total. The van der Waals surface area contributed by atoms with E-state index in [0.29, 0.717) is 20.6 Å². The topological polar surface area (TPSA) is 40.5 Å². The Balaban J connectivity index is 3.05. The molecule has 72 valence electrons. The summed E-state index contributed by atoms with van der Waals surface area (Å²) in [5.74, 6) is 0.192. The number of rotatable bonds is 0. The van der Waals surface area contributed by atoms with Crippen molar-refractivity contribution in [3.63, 3.8) is 0 Å². The fourth-order valence-electron chi connectivity index (χ4n) is 1.42. The van der Waals surface area contributed by atoms with Crippen molar-refractivity contribution in [3.05, 3.63) is 24.3 Å². The maximum atomic E-state index is 9.61. The van der Waals surface area contributed by atoms with E-state index >= 15 is 0 Å². The Morgan fingerprint density at radius 1 is 0.714 bits per heavy atom. The number of aromatic hydroxyl groups is 2. The van der Waals surface area contributed by atoms with Gasteiger partial charge >= 0.3 is 0 Å². The molecular weight excluding hydrogens is 216 g/mol. The molecule has 0 heterocycles. The van der Waals surface area contributed by atoms with Crippen molar-refractivity contribution < 1.29 is 10.2 Å². The molecular formula is C10H8O2S2. The molecule has 2 rings (SSSR count). The normalized spacial score (nSPS) is 10.7. The molecule has 0 bridgehead atoms. The van der Waals surface area contributed by atoms with Crippen LogP contribution in [0.5, 0.6) is 11.5 Å². The predicted octanol–water partition coefficient (Wildman–Crippen LogP) is 2.83. The molecule has 4 heteroatoms. The number of phenolic OH excluding ortho intramolecular Hbond substituents is 2. The predicted molar refractivity (Wildman–Crippen MR) is 61.8 cm³/mol. The Morgan fingerprint density at radius 2 is 1.07 bits per heavy atom. The fraction of sp³-hybridized carbons (Fsp3) is 0. The van der Waals surface area contributed by atoms with Crippen LogP contribution in [0.1, 0.15) is 0 Å². The number of benzene rings is 2. The molecule has 0 saturated carbocycles. The minimum absolute atomic E-state index is 0.0960. The molecule has 0 radical (unpaired) electrons. The molecule has 2 aromatic rings. The molecule has 0 unspecified atom stereocenters. The van der Waals surface area contributed by atoms with E-state index in [4.69, 9.17) is 0 Å². The van der Waals surface area contributed by atoms with E-state index < -0.39 is 0 Å². The van der Waals surface area contributed by atoms with Crippen LogP contribution in [0.3, 0.4) is 0 Å². The summed E-state index contributed by atoms with van der Waals surface area (Å²) in [6.07, 6.45) is 0. The lowest BCUT2D eigenvalue weighted by atomic mass is 10.1. The monoisotopic (exact) mass is 224 g/mol. The Labute approximate surface area is 92.0 Å². The average Bonchev–Trinajstić information content (AvgIpc) is 2.16. The van der Waals surface area contributed by atoms with Crippen molar-refractivity contribution in [2.45, 2.75) is 9.79 Å². The van der Waals surface area contributed by atoms with Crippen LogP contribution in [0.4, 0.5) is 0 Å². The van der Waals surface area contributed by atoms with Crippen LogP contribution >= 0.6 is 25.3 Å². The molecule has 0 amide bonds. The third-order valence-electron chi connectivity index (χ3n) is 2.07. The summed E-state index contributed by atoms with van der Waals surface area (Å²) in [5, 5.41) is 20.3. The Bertz CT molecular complexity index is 420. The zero-order chi connectivity index (χ0) is 10.3. The van der Waals surface area contributed by atoms with E-state index in [1.54, 1.807) is 12.1 Å². The van der Waals surface area contributed by atoms with Crippen molar-refractivity contribution in [2.24, 2.45) is 0 Å². The summed E-state index contributed by atoms with van der Waals surface area (Å²) < 4.78 is 0. The zero-order valence-electron chi connectivity index (χ0n) is 7.10. The highest BCUT2D eigenvalue weighted by atomic mass is 32.1. The second-order valence-electron chi connectivity index (χ2n) is 2.96. The second kappa shape index (κ2) is 3.29. The highest BCUT2D eigenvalue weighted by Gasteiger charge is 2.09. The van der Waals surface area contributed by atoms with Gasteiger partial charge in [-0.15, -0.1) is 25.3 Å². The Morgan fingerprint density at radius 3 is 1.43 bits per heavy atom. The molecule has 0 atom stereocenters. The van der Waals surface area contributed by atoms with Gasteiger partial charge in [0, 0.05) is 20.6 Å². The first-order chi connectivity index (χ1) is 6.61. The first-order valence-electron chi connectivity index (χ1n) is 3.97. The summed E-state index contributed by atoms with van der Waals surface area (Å²) in [4.78, 5) is 1.23. The van der Waals surface area contributed by atoms with Gasteiger partial charge in [-0.1, -0.05) is 0 Å². The highest BCUT2D eigenvalue weighted by Crippen LogP contribution is 2.39. The molecule has 2 aromatic carbocycles. The molecule has 0 aliphatic heterocycles. The van der Waals surface area contributed by atoms with Crippen LogP contribution < -0.4 is 0 Å². The lowest BCUT2D eigenvalue weighted by Gasteiger charge is -2.07. The van der Waals surface area contributed by atoms with Gasteiger partial charge in [0.15, 0.2) is 0 Å². The van der Waals surface area contributed by atoms with E-state index in [0.717, 1.165) is 0 Å². The largest absolute Gasteiger partial charge is 0.507 e. The van der Waals surface area contributed by atoms with Gasteiger partial charge in [0.05, 0.1) is 0 Å². The average molecular weight is 224 g/mol. The van der Waals surface area contributed by atoms with E-state index in [1.165, 1.54) is 12.1 Å². The van der Waals surface area contributed by atoms with Crippen LogP contribution in [0, 0.1) is 0 Å². The zero-order valence-corrected chi connectivity index (χ0v) is 8.89. The summed E-state index contributed by atoms with van der Waals surface area (Å²) in [7, 11) is 0. The van der Waals surface area contributed by atoms with E-state index in [9.17, 15) is 10.2 Å². The lowest BCUT2D eigenvalue weighted by molar-refractivity contribution is 0.468. The SMILES string of the molecule is Oc1ccc(O)c2c(S)ccc(S)c12. The number of hydrogen-bond acceptors (Lipinski definition) is 4. The molecule has 0 aliphatic rings. The first-order valence-corrected chi connectivity index (χ1v) is 4.86. The number of phenols is 2. The summed E-state index contributed by atoms with van der Waals surface area (Å²) in [6, 6.07) is 6.33. The smallest absolute Gasteiger partial charge is 0.124 e. The summed E-state index contributed by atoms with van der Waals surface area (Å²) >= 11 is 8.42.